The van der Waals surface area contributed by atoms with Crippen LogP contribution >= 0.6 is 0 Å². The summed E-state index contributed by atoms with van der Waals surface area (Å²) in [7, 11) is 0. The summed E-state index contributed by atoms with van der Waals surface area (Å²) in [6.45, 7) is 2.87. The first-order valence-electron chi connectivity index (χ1n) is 5.13. The van der Waals surface area contributed by atoms with Gasteiger partial charge in [-0.15, -0.1) is 24.3 Å². The Morgan fingerprint density at radius 3 is 2.56 bits per heavy atom. The number of benzene rings is 1. The van der Waals surface area contributed by atoms with Gasteiger partial charge in [-0.05, 0) is 6.42 Å². The van der Waals surface area contributed by atoms with Crippen molar-refractivity contribution in [2.75, 3.05) is 6.61 Å². The van der Waals surface area contributed by atoms with Crippen LogP contribution in [0.1, 0.15) is 32.6 Å². The minimum atomic E-state index is -0.275. The third kappa shape index (κ3) is 8.36. The van der Waals surface area contributed by atoms with Crippen LogP contribution in [0.25, 0.3) is 0 Å². The zero-order valence-electron chi connectivity index (χ0n) is 9.64. The fraction of sp³-hybridized carbons (Fsp3) is 0.500. The van der Waals surface area contributed by atoms with Crippen LogP contribution in [0.15, 0.2) is 18.2 Å². The van der Waals surface area contributed by atoms with Crippen LogP contribution in [0, 0.1) is 11.9 Å². The SMILES string of the molecule is CCCCCCOc1[c-]cc(F)cc1.[Br-].[Mg+2]. The van der Waals surface area contributed by atoms with Crippen molar-refractivity contribution in [1.29, 1.82) is 0 Å². The van der Waals surface area contributed by atoms with Gasteiger partial charge in [0.1, 0.15) is 0 Å². The second-order valence-electron chi connectivity index (χ2n) is 3.28. The van der Waals surface area contributed by atoms with Gasteiger partial charge in [0.2, 0.25) is 0 Å². The Morgan fingerprint density at radius 2 is 2.00 bits per heavy atom. The Morgan fingerprint density at radius 1 is 1.25 bits per heavy atom. The van der Waals surface area contributed by atoms with Gasteiger partial charge in [0.05, 0.1) is 6.61 Å². The summed E-state index contributed by atoms with van der Waals surface area (Å²) >= 11 is 0. The molecule has 0 amide bonds. The fourth-order valence-corrected chi connectivity index (χ4v) is 1.19. The van der Waals surface area contributed by atoms with Crippen molar-refractivity contribution in [3.8, 4) is 5.75 Å². The first kappa shape index (κ1) is 18.6. The van der Waals surface area contributed by atoms with Gasteiger partial charge >= 0.3 is 23.1 Å². The van der Waals surface area contributed by atoms with Crippen molar-refractivity contribution < 1.29 is 26.1 Å². The molecular weight excluding hydrogens is 283 g/mol. The minimum Gasteiger partial charge on any atom is -1.00 e. The summed E-state index contributed by atoms with van der Waals surface area (Å²) in [6, 6.07) is 7.02. The standard InChI is InChI=1S/C12H16FO.BrH.Mg/c1-2-3-4-5-10-14-12-8-6-11(13)7-9-12;;/h6-8H,2-5,10H2,1H3;1H;/q-1;;+2/p-1. The molecule has 0 atom stereocenters. The van der Waals surface area contributed by atoms with Crippen LogP contribution in [0.5, 0.6) is 5.75 Å². The molecule has 86 valence electrons. The molecule has 0 saturated carbocycles. The molecule has 0 aromatic heterocycles. The maximum Gasteiger partial charge on any atom is 2.00 e. The fourth-order valence-electron chi connectivity index (χ4n) is 1.19. The van der Waals surface area contributed by atoms with Crippen molar-refractivity contribution in [2.24, 2.45) is 0 Å². The largest absolute Gasteiger partial charge is 2.00 e. The molecule has 0 saturated heterocycles. The normalized spacial score (nSPS) is 8.88. The van der Waals surface area contributed by atoms with Gasteiger partial charge in [0.25, 0.3) is 0 Å². The number of unbranched alkanes of at least 4 members (excludes halogenated alkanes) is 3. The molecule has 0 heterocycles. The van der Waals surface area contributed by atoms with Gasteiger partial charge < -0.3 is 21.7 Å². The van der Waals surface area contributed by atoms with E-state index in [-0.39, 0.29) is 45.9 Å². The average Bonchev–Trinajstić information content (AvgIpc) is 2.21. The van der Waals surface area contributed by atoms with Gasteiger partial charge in [-0.1, -0.05) is 26.2 Å². The Kier molecular flexibility index (Phi) is 13.5. The molecule has 1 aromatic rings. The van der Waals surface area contributed by atoms with Gasteiger partial charge in [0.15, 0.2) is 0 Å². The summed E-state index contributed by atoms with van der Waals surface area (Å²) in [5, 5.41) is 0. The smallest absolute Gasteiger partial charge is 1.00 e. The van der Waals surface area contributed by atoms with E-state index in [2.05, 4.69) is 13.0 Å². The number of halogens is 2. The molecule has 0 bridgehead atoms. The van der Waals surface area contributed by atoms with Crippen molar-refractivity contribution in [2.45, 2.75) is 32.6 Å². The van der Waals surface area contributed by atoms with Crippen LogP contribution in [-0.2, 0) is 0 Å². The van der Waals surface area contributed by atoms with E-state index in [9.17, 15) is 4.39 Å². The van der Waals surface area contributed by atoms with E-state index in [4.69, 9.17) is 4.74 Å². The summed E-state index contributed by atoms with van der Waals surface area (Å²) in [6.07, 6.45) is 4.72. The van der Waals surface area contributed by atoms with E-state index in [0.717, 1.165) is 6.42 Å². The molecule has 0 fully saturated rings. The first-order chi connectivity index (χ1) is 6.83. The number of hydrogen-bond acceptors (Lipinski definition) is 1. The molecule has 0 aliphatic heterocycles. The quantitative estimate of drug-likeness (QED) is 0.414. The number of ether oxygens (including phenoxy) is 1. The maximum atomic E-state index is 12.5. The third-order valence-corrected chi connectivity index (χ3v) is 2.00. The molecule has 4 heteroatoms. The maximum absolute atomic E-state index is 12.5. The van der Waals surface area contributed by atoms with Crippen molar-refractivity contribution in [3.05, 3.63) is 30.1 Å². The summed E-state index contributed by atoms with van der Waals surface area (Å²) < 4.78 is 17.9. The van der Waals surface area contributed by atoms with Crippen LogP contribution < -0.4 is 21.7 Å². The molecule has 0 N–H and O–H groups in total. The molecule has 1 nitrogen and oxygen atoms in total. The average molecular weight is 299 g/mol. The second-order valence-corrected chi connectivity index (χ2v) is 3.28. The molecule has 16 heavy (non-hydrogen) atoms. The summed E-state index contributed by atoms with van der Waals surface area (Å²) in [4.78, 5) is 0. The molecule has 0 aliphatic rings. The molecule has 1 rings (SSSR count). The predicted octanol–water partition coefficient (Wildman–Crippen LogP) is 0.208. The van der Waals surface area contributed by atoms with E-state index >= 15 is 0 Å². The molecule has 0 aliphatic carbocycles. The first-order valence-corrected chi connectivity index (χ1v) is 5.13. The van der Waals surface area contributed by atoms with E-state index < -0.39 is 0 Å². The van der Waals surface area contributed by atoms with Crippen molar-refractivity contribution >= 4 is 23.1 Å². The predicted molar refractivity (Wildman–Crippen MR) is 60.6 cm³/mol. The van der Waals surface area contributed by atoms with Gasteiger partial charge in [0, 0.05) is 11.6 Å². The topological polar surface area (TPSA) is 9.23 Å². The molecule has 0 spiro atoms. The molecule has 0 unspecified atom stereocenters. The second kappa shape index (κ2) is 11.7. The van der Waals surface area contributed by atoms with Gasteiger partial charge in [-0.2, -0.15) is 0 Å². The van der Waals surface area contributed by atoms with Gasteiger partial charge in [-0.25, -0.2) is 0 Å². The van der Waals surface area contributed by atoms with Crippen LogP contribution in [0.3, 0.4) is 0 Å². The summed E-state index contributed by atoms with van der Waals surface area (Å²) in [5.74, 6) is 0.353. The summed E-state index contributed by atoms with van der Waals surface area (Å²) in [5.41, 5.74) is 0. The zero-order valence-corrected chi connectivity index (χ0v) is 12.6. The van der Waals surface area contributed by atoms with E-state index in [0.29, 0.717) is 12.4 Å². The molecule has 0 radical (unpaired) electrons. The Balaban J connectivity index is 0. The van der Waals surface area contributed by atoms with Crippen LogP contribution in [0.2, 0.25) is 0 Å². The zero-order chi connectivity index (χ0) is 10.2. The third-order valence-electron chi connectivity index (χ3n) is 2.00. The van der Waals surface area contributed by atoms with E-state index in [1.165, 1.54) is 31.4 Å². The van der Waals surface area contributed by atoms with E-state index in [1.54, 1.807) is 6.07 Å². The van der Waals surface area contributed by atoms with E-state index in [1.807, 2.05) is 0 Å². The monoisotopic (exact) mass is 298 g/mol. The Labute approximate surface area is 124 Å². The Hall–Kier alpha value is 0.196. The molecular formula is C12H16BrFMgO. The van der Waals surface area contributed by atoms with Crippen molar-refractivity contribution in [3.63, 3.8) is 0 Å². The van der Waals surface area contributed by atoms with Crippen LogP contribution in [0.4, 0.5) is 4.39 Å². The number of hydrogen-bond donors (Lipinski definition) is 0. The van der Waals surface area contributed by atoms with Crippen LogP contribution in [-0.4, -0.2) is 29.7 Å². The minimum absolute atomic E-state index is 0. The number of rotatable bonds is 6. The van der Waals surface area contributed by atoms with Gasteiger partial charge in [-0.3, -0.25) is 4.39 Å². The van der Waals surface area contributed by atoms with Crippen molar-refractivity contribution in [1.82, 2.24) is 0 Å². The Bertz CT molecular complexity index is 254. The molecule has 1 aromatic carbocycles.